The Bertz CT molecular complexity index is 1040. The summed E-state index contributed by atoms with van der Waals surface area (Å²) >= 11 is 3.38. The molecule has 0 bridgehead atoms. The Hall–Kier alpha value is -2.98. The molecule has 2 aromatic heterocycles. The number of nitrogens with zero attached hydrogens (tertiary/aromatic N) is 2. The Labute approximate surface area is 165 Å². The zero-order chi connectivity index (χ0) is 19.4. The molecule has 0 fully saturated rings. The summed E-state index contributed by atoms with van der Waals surface area (Å²) in [6, 6.07) is 10.9. The lowest BCUT2D eigenvalue weighted by Crippen LogP contribution is -2.07. The Morgan fingerprint density at radius 3 is 2.85 bits per heavy atom. The minimum absolute atomic E-state index is 0.00295. The van der Waals surface area contributed by atoms with Gasteiger partial charge in [-0.05, 0) is 47.1 Å². The second kappa shape index (κ2) is 8.14. The van der Waals surface area contributed by atoms with E-state index in [1.807, 2.05) is 35.7 Å². The molecule has 0 aliphatic heterocycles. The summed E-state index contributed by atoms with van der Waals surface area (Å²) in [4.78, 5) is 12.5. The van der Waals surface area contributed by atoms with Gasteiger partial charge in [0.15, 0.2) is 11.5 Å². The Morgan fingerprint density at radius 2 is 2.15 bits per heavy atom. The molecule has 27 heavy (non-hydrogen) atoms. The molecule has 138 valence electrons. The summed E-state index contributed by atoms with van der Waals surface area (Å²) in [5, 5.41) is 9.44. The van der Waals surface area contributed by atoms with Crippen molar-refractivity contribution in [3.63, 3.8) is 0 Å². The van der Waals surface area contributed by atoms with Crippen LogP contribution in [0.15, 0.2) is 47.2 Å². The van der Waals surface area contributed by atoms with Crippen LogP contribution in [0.1, 0.15) is 28.4 Å². The standard InChI is InChI=1S/C20H17BrN2O4/c1-3-26-18-9-13(8-16(21)19(18)25-2)20(24)27-12-14-11-23-7-5-4-6-17(23)15(14)10-22/h4-9,11H,3,12H2,1-2H3. The SMILES string of the molecule is CCOc1cc(C(=O)OCc2cn3ccccc3c2C#N)cc(Br)c1OC. The van der Waals surface area contributed by atoms with Crippen molar-refractivity contribution < 1.29 is 19.0 Å². The van der Waals surface area contributed by atoms with Crippen LogP contribution in [0.25, 0.3) is 5.52 Å². The number of aromatic nitrogens is 1. The molecule has 0 saturated carbocycles. The van der Waals surface area contributed by atoms with Crippen LogP contribution in [0, 0.1) is 11.3 Å². The van der Waals surface area contributed by atoms with Crippen LogP contribution in [0.4, 0.5) is 0 Å². The highest BCUT2D eigenvalue weighted by atomic mass is 79.9. The van der Waals surface area contributed by atoms with Crippen molar-refractivity contribution in [2.24, 2.45) is 0 Å². The van der Waals surface area contributed by atoms with E-state index in [9.17, 15) is 10.1 Å². The van der Waals surface area contributed by atoms with E-state index in [1.165, 1.54) is 7.11 Å². The quantitative estimate of drug-likeness (QED) is 0.546. The van der Waals surface area contributed by atoms with Crippen LogP contribution < -0.4 is 9.47 Å². The molecule has 0 aliphatic rings. The first kappa shape index (κ1) is 18.8. The highest BCUT2D eigenvalue weighted by molar-refractivity contribution is 9.10. The van der Waals surface area contributed by atoms with E-state index in [4.69, 9.17) is 14.2 Å². The summed E-state index contributed by atoms with van der Waals surface area (Å²) in [5.74, 6) is 0.450. The highest BCUT2D eigenvalue weighted by Gasteiger charge is 2.18. The predicted molar refractivity (Wildman–Crippen MR) is 103 cm³/mol. The van der Waals surface area contributed by atoms with Crippen LogP contribution in [0.5, 0.6) is 11.5 Å². The van der Waals surface area contributed by atoms with Gasteiger partial charge in [-0.1, -0.05) is 6.07 Å². The smallest absolute Gasteiger partial charge is 0.338 e. The molecular weight excluding hydrogens is 412 g/mol. The first-order valence-corrected chi connectivity index (χ1v) is 9.04. The number of rotatable bonds is 6. The lowest BCUT2D eigenvalue weighted by atomic mass is 10.2. The van der Waals surface area contributed by atoms with Gasteiger partial charge in [-0.25, -0.2) is 4.79 Å². The molecule has 3 aromatic rings. The molecule has 0 N–H and O–H groups in total. The van der Waals surface area contributed by atoms with E-state index in [0.29, 0.717) is 39.3 Å². The number of hydrogen-bond donors (Lipinski definition) is 0. The van der Waals surface area contributed by atoms with Crippen molar-refractivity contribution >= 4 is 27.4 Å². The van der Waals surface area contributed by atoms with Crippen molar-refractivity contribution in [3.05, 3.63) is 63.9 Å². The average molecular weight is 429 g/mol. The lowest BCUT2D eigenvalue weighted by Gasteiger charge is -2.13. The fourth-order valence-electron chi connectivity index (χ4n) is 2.79. The van der Waals surface area contributed by atoms with Crippen LogP contribution in [-0.4, -0.2) is 24.1 Å². The number of halogens is 1. The average Bonchev–Trinajstić information content (AvgIpc) is 3.03. The van der Waals surface area contributed by atoms with Gasteiger partial charge in [0.1, 0.15) is 12.7 Å². The molecular formula is C20H17BrN2O4. The van der Waals surface area contributed by atoms with Crippen molar-refractivity contribution in [2.45, 2.75) is 13.5 Å². The van der Waals surface area contributed by atoms with Crippen LogP contribution in [0.2, 0.25) is 0 Å². The van der Waals surface area contributed by atoms with E-state index in [1.54, 1.807) is 18.3 Å². The zero-order valence-electron chi connectivity index (χ0n) is 14.9. The number of methoxy groups -OCH3 is 1. The van der Waals surface area contributed by atoms with Gasteiger partial charge in [0, 0.05) is 18.0 Å². The van der Waals surface area contributed by atoms with Crippen molar-refractivity contribution in [2.75, 3.05) is 13.7 Å². The molecule has 1 aromatic carbocycles. The summed E-state index contributed by atoms with van der Waals surface area (Å²) in [5.41, 5.74) is 2.24. The number of pyridine rings is 1. The Morgan fingerprint density at radius 1 is 1.33 bits per heavy atom. The van der Waals surface area contributed by atoms with Gasteiger partial charge >= 0.3 is 5.97 Å². The molecule has 0 spiro atoms. The Kier molecular flexibility index (Phi) is 5.67. The molecule has 0 aliphatic carbocycles. The van der Waals surface area contributed by atoms with Crippen molar-refractivity contribution in [1.29, 1.82) is 5.26 Å². The van der Waals surface area contributed by atoms with Crippen molar-refractivity contribution in [1.82, 2.24) is 4.40 Å². The predicted octanol–water partition coefficient (Wildman–Crippen LogP) is 4.34. The zero-order valence-corrected chi connectivity index (χ0v) is 16.4. The van der Waals surface area contributed by atoms with Gasteiger partial charge in [-0.15, -0.1) is 0 Å². The number of fused-ring (bicyclic) bond motifs is 1. The third-order valence-electron chi connectivity index (χ3n) is 3.98. The number of nitriles is 1. The summed E-state index contributed by atoms with van der Waals surface area (Å²) in [7, 11) is 1.53. The maximum absolute atomic E-state index is 12.5. The monoisotopic (exact) mass is 428 g/mol. The fraction of sp³-hybridized carbons (Fsp3) is 0.200. The molecule has 2 heterocycles. The highest BCUT2D eigenvalue weighted by Crippen LogP contribution is 2.36. The number of carbonyl (C=O) groups is 1. The van der Waals surface area contributed by atoms with Gasteiger partial charge in [0.05, 0.1) is 34.8 Å². The summed E-state index contributed by atoms with van der Waals surface area (Å²) in [6.07, 6.45) is 3.63. The van der Waals surface area contributed by atoms with Gasteiger partial charge in [0.2, 0.25) is 0 Å². The first-order valence-electron chi connectivity index (χ1n) is 8.25. The minimum Gasteiger partial charge on any atom is -0.492 e. The van der Waals surface area contributed by atoms with E-state index in [-0.39, 0.29) is 6.61 Å². The maximum Gasteiger partial charge on any atom is 0.338 e. The molecule has 0 unspecified atom stereocenters. The molecule has 0 amide bonds. The second-order valence-electron chi connectivity index (χ2n) is 5.63. The molecule has 7 heteroatoms. The maximum atomic E-state index is 12.5. The third-order valence-corrected chi connectivity index (χ3v) is 4.57. The molecule has 0 saturated heterocycles. The normalized spacial score (nSPS) is 10.4. The largest absolute Gasteiger partial charge is 0.492 e. The van der Waals surface area contributed by atoms with E-state index in [0.717, 1.165) is 5.52 Å². The first-order chi connectivity index (χ1) is 13.1. The second-order valence-corrected chi connectivity index (χ2v) is 6.49. The van der Waals surface area contributed by atoms with Gasteiger partial charge in [0.25, 0.3) is 0 Å². The molecule has 3 rings (SSSR count). The number of benzene rings is 1. The van der Waals surface area contributed by atoms with Crippen LogP contribution in [0.3, 0.4) is 0 Å². The third kappa shape index (κ3) is 3.76. The van der Waals surface area contributed by atoms with Gasteiger partial charge in [-0.3, -0.25) is 0 Å². The minimum atomic E-state index is -0.515. The number of hydrogen-bond acceptors (Lipinski definition) is 5. The molecule has 0 radical (unpaired) electrons. The van der Waals surface area contributed by atoms with E-state index >= 15 is 0 Å². The van der Waals surface area contributed by atoms with Crippen molar-refractivity contribution in [3.8, 4) is 17.6 Å². The molecule has 6 nitrogen and oxygen atoms in total. The van der Waals surface area contributed by atoms with E-state index in [2.05, 4.69) is 22.0 Å². The van der Waals surface area contributed by atoms with Crippen LogP contribution >= 0.6 is 15.9 Å². The molecule has 0 atom stereocenters. The van der Waals surface area contributed by atoms with E-state index < -0.39 is 5.97 Å². The fourth-order valence-corrected chi connectivity index (χ4v) is 3.39. The lowest BCUT2D eigenvalue weighted by molar-refractivity contribution is 0.0472. The topological polar surface area (TPSA) is 73.0 Å². The Balaban J connectivity index is 1.83. The summed E-state index contributed by atoms with van der Waals surface area (Å²) in [6.45, 7) is 2.28. The van der Waals surface area contributed by atoms with Gasteiger partial charge < -0.3 is 18.6 Å². The number of carbonyl (C=O) groups excluding carboxylic acids is 1. The number of esters is 1. The van der Waals surface area contributed by atoms with Crippen LogP contribution in [-0.2, 0) is 11.3 Å². The van der Waals surface area contributed by atoms with Gasteiger partial charge in [-0.2, -0.15) is 5.26 Å². The number of ether oxygens (including phenoxy) is 3. The summed E-state index contributed by atoms with van der Waals surface area (Å²) < 4.78 is 18.7.